The summed E-state index contributed by atoms with van der Waals surface area (Å²) in [5, 5.41) is 0. The Morgan fingerprint density at radius 1 is 1.04 bits per heavy atom. The number of fused-ring (bicyclic) bond motifs is 2. The van der Waals surface area contributed by atoms with Crippen molar-refractivity contribution in [3.63, 3.8) is 0 Å². The van der Waals surface area contributed by atoms with Gasteiger partial charge in [-0.2, -0.15) is 0 Å². The lowest BCUT2D eigenvalue weighted by molar-refractivity contribution is -0.152. The predicted molar refractivity (Wildman–Crippen MR) is 90.0 cm³/mol. The van der Waals surface area contributed by atoms with E-state index < -0.39 is 24.9 Å². The third-order valence-corrected chi connectivity index (χ3v) is 5.28. The molecule has 0 spiro atoms. The number of esters is 1. The summed E-state index contributed by atoms with van der Waals surface area (Å²) in [7, 11) is 0. The van der Waals surface area contributed by atoms with Gasteiger partial charge in [0.15, 0.2) is 23.9 Å². The van der Waals surface area contributed by atoms with E-state index in [-0.39, 0.29) is 30.4 Å². The fourth-order valence-electron chi connectivity index (χ4n) is 3.86. The van der Waals surface area contributed by atoms with Crippen molar-refractivity contribution >= 4 is 23.6 Å². The van der Waals surface area contributed by atoms with Gasteiger partial charge in [0, 0.05) is 5.56 Å². The number of carbonyl (C=O) groups excluding carboxylic acids is 4. The van der Waals surface area contributed by atoms with Crippen molar-refractivity contribution in [2.75, 3.05) is 19.9 Å². The van der Waals surface area contributed by atoms with Crippen LogP contribution in [0.4, 0.5) is 0 Å². The summed E-state index contributed by atoms with van der Waals surface area (Å²) in [6.07, 6.45) is 3.21. The highest BCUT2D eigenvalue weighted by Crippen LogP contribution is 2.38. The number of benzene rings is 1. The Labute approximate surface area is 155 Å². The molecule has 0 bridgehead atoms. The largest absolute Gasteiger partial charge is 0.456 e. The quantitative estimate of drug-likeness (QED) is 0.436. The van der Waals surface area contributed by atoms with Crippen LogP contribution in [-0.4, -0.2) is 48.4 Å². The Morgan fingerprint density at radius 3 is 2.41 bits per heavy atom. The molecule has 8 nitrogen and oxygen atoms in total. The maximum atomic E-state index is 12.4. The number of hydrogen-bond acceptors (Lipinski definition) is 7. The van der Waals surface area contributed by atoms with Crippen LogP contribution in [0.3, 0.4) is 0 Å². The molecule has 27 heavy (non-hydrogen) atoms. The average Bonchev–Trinajstić information content (AvgIpc) is 3.25. The molecule has 4 rings (SSSR count). The molecule has 142 valence electrons. The number of nitrogens with zero attached hydrogens (tertiary/aromatic N) is 1. The number of Topliss-reactive ketones (excluding diaryl/α,β-unsaturated/α-hetero) is 1. The monoisotopic (exact) mass is 373 g/mol. The fraction of sp³-hybridized carbons (Fsp3) is 0.474. The summed E-state index contributed by atoms with van der Waals surface area (Å²) in [6.45, 7) is -0.817. The minimum absolute atomic E-state index is 0.0991. The van der Waals surface area contributed by atoms with E-state index in [2.05, 4.69) is 0 Å². The molecule has 1 aromatic rings. The van der Waals surface area contributed by atoms with Crippen molar-refractivity contribution in [1.82, 2.24) is 4.90 Å². The van der Waals surface area contributed by atoms with E-state index in [0.717, 1.165) is 17.7 Å². The lowest BCUT2D eigenvalue weighted by Crippen LogP contribution is -2.37. The molecule has 2 atom stereocenters. The molecule has 1 saturated carbocycles. The number of imide groups is 1. The number of ether oxygens (including phenoxy) is 3. The zero-order chi connectivity index (χ0) is 19.0. The average molecular weight is 373 g/mol. The second-order valence-electron chi connectivity index (χ2n) is 6.91. The second-order valence-corrected chi connectivity index (χ2v) is 6.91. The minimum atomic E-state index is -0.774. The Bertz CT molecular complexity index is 794. The lowest BCUT2D eigenvalue weighted by atomic mass is 9.81. The van der Waals surface area contributed by atoms with E-state index >= 15 is 0 Å². The van der Waals surface area contributed by atoms with Crippen LogP contribution in [0.1, 0.15) is 36.0 Å². The van der Waals surface area contributed by atoms with Crippen molar-refractivity contribution in [1.29, 1.82) is 0 Å². The van der Waals surface area contributed by atoms with Crippen LogP contribution in [-0.2, 0) is 19.1 Å². The van der Waals surface area contributed by atoms with Gasteiger partial charge in [0.05, 0.1) is 11.8 Å². The maximum absolute atomic E-state index is 12.4. The maximum Gasteiger partial charge on any atom is 0.326 e. The van der Waals surface area contributed by atoms with Gasteiger partial charge in [-0.05, 0) is 31.0 Å². The molecule has 0 aromatic heterocycles. The summed E-state index contributed by atoms with van der Waals surface area (Å²) in [5.74, 6) is -1.39. The van der Waals surface area contributed by atoms with Gasteiger partial charge >= 0.3 is 5.97 Å². The molecule has 2 amide bonds. The van der Waals surface area contributed by atoms with Crippen LogP contribution in [0.15, 0.2) is 18.2 Å². The highest BCUT2D eigenvalue weighted by atomic mass is 16.7. The Hall–Kier alpha value is -2.90. The minimum Gasteiger partial charge on any atom is -0.456 e. The topological polar surface area (TPSA) is 99.2 Å². The number of rotatable bonds is 5. The molecule has 0 N–H and O–H groups in total. The molecule has 2 aliphatic heterocycles. The predicted octanol–water partition coefficient (Wildman–Crippen LogP) is 1.32. The molecule has 1 aliphatic carbocycles. The van der Waals surface area contributed by atoms with Gasteiger partial charge in [0.2, 0.25) is 18.6 Å². The molecule has 3 aliphatic rings. The van der Waals surface area contributed by atoms with Crippen molar-refractivity contribution in [3.8, 4) is 11.5 Å². The first-order valence-electron chi connectivity index (χ1n) is 8.98. The highest BCUT2D eigenvalue weighted by Gasteiger charge is 2.48. The molecule has 1 aromatic carbocycles. The van der Waals surface area contributed by atoms with E-state index in [0.29, 0.717) is 29.9 Å². The van der Waals surface area contributed by atoms with Crippen molar-refractivity contribution in [2.24, 2.45) is 11.8 Å². The molecule has 0 radical (unpaired) electrons. The van der Waals surface area contributed by atoms with Crippen LogP contribution in [0.25, 0.3) is 0 Å². The number of likely N-dealkylation sites (tertiary alicyclic amines) is 1. The number of ketones is 1. The highest BCUT2D eigenvalue weighted by molar-refractivity contribution is 6.07. The standard InChI is InChI=1S/C19H19NO7/c21-14(11-5-6-15-16(7-11)27-10-26-15)9-25-17(22)8-20-18(23)12-3-1-2-4-13(12)19(20)24/h5-7,12-13H,1-4,8-10H2/t12-,13+. The zero-order valence-corrected chi connectivity index (χ0v) is 14.6. The van der Waals surface area contributed by atoms with E-state index in [1.807, 2.05) is 0 Å². The van der Waals surface area contributed by atoms with Crippen LogP contribution >= 0.6 is 0 Å². The van der Waals surface area contributed by atoms with E-state index in [9.17, 15) is 19.2 Å². The summed E-state index contributed by atoms with van der Waals surface area (Å²) in [4.78, 5) is 49.9. The first-order chi connectivity index (χ1) is 13.0. The molecule has 1 saturated heterocycles. The molecule has 2 heterocycles. The number of hydrogen-bond donors (Lipinski definition) is 0. The molecule has 8 heteroatoms. The first kappa shape index (κ1) is 17.5. The van der Waals surface area contributed by atoms with E-state index in [4.69, 9.17) is 14.2 Å². The van der Waals surface area contributed by atoms with Crippen LogP contribution in [0, 0.1) is 11.8 Å². The van der Waals surface area contributed by atoms with Crippen molar-refractivity contribution in [3.05, 3.63) is 23.8 Å². The normalized spacial score (nSPS) is 23.3. The first-order valence-corrected chi connectivity index (χ1v) is 8.98. The second kappa shape index (κ2) is 7.02. The number of amides is 2. The van der Waals surface area contributed by atoms with E-state index in [1.54, 1.807) is 12.1 Å². The van der Waals surface area contributed by atoms with Gasteiger partial charge in [-0.25, -0.2) is 0 Å². The molecular formula is C19H19NO7. The van der Waals surface area contributed by atoms with Crippen LogP contribution in [0.5, 0.6) is 11.5 Å². The lowest BCUT2D eigenvalue weighted by Gasteiger charge is -2.19. The van der Waals surface area contributed by atoms with Gasteiger partial charge in [0.25, 0.3) is 0 Å². The number of carbonyl (C=O) groups is 4. The third kappa shape index (κ3) is 3.27. The summed E-state index contributed by atoms with van der Waals surface area (Å²) >= 11 is 0. The van der Waals surface area contributed by atoms with Gasteiger partial charge < -0.3 is 14.2 Å². The smallest absolute Gasteiger partial charge is 0.326 e. The van der Waals surface area contributed by atoms with Gasteiger partial charge in [0.1, 0.15) is 6.54 Å². The Kier molecular flexibility index (Phi) is 4.55. The molecule has 0 unspecified atom stereocenters. The van der Waals surface area contributed by atoms with E-state index in [1.165, 1.54) is 6.07 Å². The SMILES string of the molecule is O=C(CN1C(=O)[C@H]2CCCC[C@H]2C1=O)OCC(=O)c1ccc2c(c1)OCO2. The van der Waals surface area contributed by atoms with Crippen LogP contribution < -0.4 is 9.47 Å². The summed E-state index contributed by atoms with van der Waals surface area (Å²) in [5.41, 5.74) is 0.325. The Balaban J connectivity index is 1.32. The van der Waals surface area contributed by atoms with Crippen LogP contribution in [0.2, 0.25) is 0 Å². The molecule has 2 fully saturated rings. The summed E-state index contributed by atoms with van der Waals surface area (Å²) < 4.78 is 15.4. The zero-order valence-electron chi connectivity index (χ0n) is 14.6. The summed E-state index contributed by atoms with van der Waals surface area (Å²) in [6, 6.07) is 4.69. The van der Waals surface area contributed by atoms with Crippen molar-refractivity contribution in [2.45, 2.75) is 25.7 Å². The fourth-order valence-corrected chi connectivity index (χ4v) is 3.86. The van der Waals surface area contributed by atoms with Gasteiger partial charge in [-0.1, -0.05) is 12.8 Å². The van der Waals surface area contributed by atoms with Gasteiger partial charge in [-0.15, -0.1) is 0 Å². The Morgan fingerprint density at radius 2 is 1.70 bits per heavy atom. The van der Waals surface area contributed by atoms with Crippen molar-refractivity contribution < 1.29 is 33.4 Å². The van der Waals surface area contributed by atoms with Gasteiger partial charge in [-0.3, -0.25) is 24.1 Å². The third-order valence-electron chi connectivity index (χ3n) is 5.28. The molecular weight excluding hydrogens is 354 g/mol.